The van der Waals surface area contributed by atoms with Crippen LogP contribution in [0.1, 0.15) is 16.7 Å². The zero-order valence-corrected chi connectivity index (χ0v) is 14.4. The van der Waals surface area contributed by atoms with E-state index in [4.69, 9.17) is 4.74 Å². The number of aromatic nitrogens is 1. The Labute approximate surface area is 156 Å². The third-order valence-corrected chi connectivity index (χ3v) is 4.07. The first kappa shape index (κ1) is 19.8. The maximum atomic E-state index is 13.2. The van der Waals surface area contributed by atoms with Crippen molar-refractivity contribution in [3.8, 4) is 5.75 Å². The Hall–Kier alpha value is -2.97. The average Bonchev–Trinajstić information content (AvgIpc) is 2.64. The van der Waals surface area contributed by atoms with Crippen molar-refractivity contribution in [3.63, 3.8) is 0 Å². The fourth-order valence-corrected chi connectivity index (χ4v) is 2.67. The second-order valence-electron chi connectivity index (χ2n) is 5.98. The molecule has 1 N–H and O–H groups in total. The van der Waals surface area contributed by atoms with Crippen LogP contribution in [0.5, 0.6) is 5.75 Å². The van der Waals surface area contributed by atoms with E-state index >= 15 is 0 Å². The number of fused-ring (bicyclic) bond motifs is 1. The lowest BCUT2D eigenvalue weighted by molar-refractivity contribution is -0.142. The molecular weight excluding hydrogens is 386 g/mol. The molecule has 0 aliphatic carbocycles. The summed E-state index contributed by atoms with van der Waals surface area (Å²) < 4.78 is 83.6. The predicted octanol–water partition coefficient (Wildman–Crippen LogP) is 5.89. The Morgan fingerprint density at radius 1 is 0.893 bits per heavy atom. The molecule has 0 amide bonds. The Bertz CT molecular complexity index is 981. The molecule has 0 aliphatic heterocycles. The number of rotatable bonds is 4. The number of nitrogens with one attached hydrogen (secondary N) is 1. The molecule has 0 radical (unpaired) electrons. The van der Waals surface area contributed by atoms with Gasteiger partial charge >= 0.3 is 12.4 Å². The van der Waals surface area contributed by atoms with Crippen molar-refractivity contribution in [2.75, 3.05) is 12.4 Å². The number of anilines is 1. The van der Waals surface area contributed by atoms with E-state index in [1.165, 1.54) is 13.2 Å². The van der Waals surface area contributed by atoms with Gasteiger partial charge in [0.2, 0.25) is 0 Å². The van der Waals surface area contributed by atoms with Gasteiger partial charge in [0.25, 0.3) is 0 Å². The number of halogens is 6. The van der Waals surface area contributed by atoms with Gasteiger partial charge in [-0.05, 0) is 42.0 Å². The van der Waals surface area contributed by atoms with Crippen LogP contribution in [0.25, 0.3) is 10.9 Å². The maximum absolute atomic E-state index is 13.2. The molecule has 0 atom stereocenters. The number of pyridine rings is 1. The van der Waals surface area contributed by atoms with Crippen LogP contribution in [0, 0.1) is 0 Å². The third kappa shape index (κ3) is 4.29. The van der Waals surface area contributed by atoms with E-state index in [-0.39, 0.29) is 23.9 Å². The average molecular weight is 400 g/mol. The van der Waals surface area contributed by atoms with E-state index in [0.717, 1.165) is 11.6 Å². The van der Waals surface area contributed by atoms with Crippen molar-refractivity contribution in [2.45, 2.75) is 18.9 Å². The van der Waals surface area contributed by atoms with E-state index < -0.39 is 28.9 Å². The first-order chi connectivity index (χ1) is 13.1. The molecule has 3 aromatic rings. The molecule has 28 heavy (non-hydrogen) atoms. The summed E-state index contributed by atoms with van der Waals surface area (Å²) in [6.45, 7) is 0.285. The number of methoxy groups -OCH3 is 1. The Morgan fingerprint density at radius 3 is 2.14 bits per heavy atom. The molecule has 0 aliphatic rings. The number of hydrogen-bond acceptors (Lipinski definition) is 3. The molecule has 0 spiro atoms. The molecule has 1 aromatic heterocycles. The van der Waals surface area contributed by atoms with Crippen molar-refractivity contribution < 1.29 is 31.1 Å². The highest BCUT2D eigenvalue weighted by Gasteiger charge is 2.38. The van der Waals surface area contributed by atoms with E-state index in [1.54, 1.807) is 24.3 Å². The van der Waals surface area contributed by atoms with Crippen molar-refractivity contribution >= 4 is 16.7 Å². The first-order valence-electron chi connectivity index (χ1n) is 8.04. The van der Waals surface area contributed by atoms with Crippen LogP contribution in [0.4, 0.5) is 32.2 Å². The second-order valence-corrected chi connectivity index (χ2v) is 5.98. The maximum Gasteiger partial charge on any atom is 0.417 e. The topological polar surface area (TPSA) is 34.1 Å². The molecule has 0 fully saturated rings. The van der Waals surface area contributed by atoms with Gasteiger partial charge in [0.1, 0.15) is 11.6 Å². The minimum atomic E-state index is -4.93. The number of nitrogens with zero attached hydrogens (tertiary/aromatic N) is 1. The molecule has 3 nitrogen and oxygen atoms in total. The minimum Gasteiger partial charge on any atom is -0.497 e. The molecule has 2 aromatic carbocycles. The molecule has 1 heterocycles. The van der Waals surface area contributed by atoms with Gasteiger partial charge in [0, 0.05) is 11.9 Å². The summed E-state index contributed by atoms with van der Waals surface area (Å²) in [5, 5.41) is 2.50. The van der Waals surface area contributed by atoms with E-state index in [9.17, 15) is 26.3 Å². The normalized spacial score (nSPS) is 12.2. The van der Waals surface area contributed by atoms with Crippen LogP contribution in [-0.4, -0.2) is 12.1 Å². The Morgan fingerprint density at radius 2 is 1.57 bits per heavy atom. The molecular formula is C19H14F6N2O. The summed E-state index contributed by atoms with van der Waals surface area (Å²) in [6, 6.07) is 10.1. The van der Waals surface area contributed by atoms with Crippen LogP contribution in [0.2, 0.25) is 0 Å². The van der Waals surface area contributed by atoms with E-state index in [0.29, 0.717) is 11.8 Å². The largest absolute Gasteiger partial charge is 0.497 e. The number of benzene rings is 2. The van der Waals surface area contributed by atoms with Crippen LogP contribution in [0.15, 0.2) is 48.5 Å². The van der Waals surface area contributed by atoms with Crippen molar-refractivity contribution in [3.05, 3.63) is 65.2 Å². The summed E-state index contributed by atoms with van der Waals surface area (Å²) in [4.78, 5) is 3.94. The van der Waals surface area contributed by atoms with Gasteiger partial charge in [-0.2, -0.15) is 26.3 Å². The van der Waals surface area contributed by atoms with E-state index in [1.807, 2.05) is 0 Å². The molecule has 0 saturated heterocycles. The molecule has 9 heteroatoms. The van der Waals surface area contributed by atoms with Crippen LogP contribution >= 0.6 is 0 Å². The zero-order valence-electron chi connectivity index (χ0n) is 14.4. The minimum absolute atomic E-state index is 0.106. The quantitative estimate of drug-likeness (QED) is 0.555. The molecule has 0 bridgehead atoms. The fraction of sp³-hybridized carbons (Fsp3) is 0.211. The number of hydrogen-bond donors (Lipinski definition) is 1. The first-order valence-corrected chi connectivity index (χ1v) is 8.04. The second kappa shape index (κ2) is 7.21. The van der Waals surface area contributed by atoms with Gasteiger partial charge in [0.15, 0.2) is 0 Å². The highest BCUT2D eigenvalue weighted by molar-refractivity contribution is 5.85. The lowest BCUT2D eigenvalue weighted by Crippen LogP contribution is -2.12. The zero-order chi connectivity index (χ0) is 20.5. The van der Waals surface area contributed by atoms with Crippen LogP contribution < -0.4 is 10.1 Å². The van der Waals surface area contributed by atoms with Gasteiger partial charge in [-0.3, -0.25) is 0 Å². The standard InChI is InChI=1S/C19H14F6N2O/c1-28-13-4-2-11(3-5-13)10-26-17-7-6-14-15(19(23,24)25)8-12(18(20,21)22)9-16(14)27-17/h2-9H,10H2,1H3,(H,26,27). The third-order valence-electron chi connectivity index (χ3n) is 4.07. The summed E-state index contributed by atoms with van der Waals surface area (Å²) >= 11 is 0. The van der Waals surface area contributed by atoms with Gasteiger partial charge in [-0.1, -0.05) is 12.1 Å². The molecule has 3 rings (SSSR count). The summed E-state index contributed by atoms with van der Waals surface area (Å²) in [7, 11) is 1.52. The van der Waals surface area contributed by atoms with Gasteiger partial charge in [0.05, 0.1) is 23.8 Å². The molecule has 148 valence electrons. The lowest BCUT2D eigenvalue weighted by atomic mass is 10.0. The highest BCUT2D eigenvalue weighted by Crippen LogP contribution is 2.39. The Kier molecular flexibility index (Phi) is 5.10. The van der Waals surface area contributed by atoms with Crippen LogP contribution in [-0.2, 0) is 18.9 Å². The number of ether oxygens (including phenoxy) is 1. The van der Waals surface area contributed by atoms with Crippen molar-refractivity contribution in [1.29, 1.82) is 0 Å². The van der Waals surface area contributed by atoms with E-state index in [2.05, 4.69) is 10.3 Å². The Balaban J connectivity index is 1.95. The van der Waals surface area contributed by atoms with Crippen molar-refractivity contribution in [1.82, 2.24) is 4.98 Å². The molecule has 0 saturated carbocycles. The lowest BCUT2D eigenvalue weighted by Gasteiger charge is -2.15. The van der Waals surface area contributed by atoms with Gasteiger partial charge < -0.3 is 10.1 Å². The molecule has 0 unspecified atom stereocenters. The number of alkyl halides is 6. The summed E-state index contributed by atoms with van der Waals surface area (Å²) in [5.74, 6) is 0.822. The van der Waals surface area contributed by atoms with Gasteiger partial charge in [-0.15, -0.1) is 0 Å². The summed E-state index contributed by atoms with van der Waals surface area (Å²) in [6.07, 6.45) is -9.85. The fourth-order valence-electron chi connectivity index (χ4n) is 2.67. The van der Waals surface area contributed by atoms with Crippen molar-refractivity contribution in [2.24, 2.45) is 0 Å². The highest BCUT2D eigenvalue weighted by atomic mass is 19.4. The predicted molar refractivity (Wildman–Crippen MR) is 92.1 cm³/mol. The SMILES string of the molecule is COc1ccc(CNc2ccc3c(C(F)(F)F)cc(C(F)(F)F)cc3n2)cc1. The summed E-state index contributed by atoms with van der Waals surface area (Å²) in [5.41, 5.74) is -2.32. The smallest absolute Gasteiger partial charge is 0.417 e. The van der Waals surface area contributed by atoms with Gasteiger partial charge in [-0.25, -0.2) is 4.98 Å². The monoisotopic (exact) mass is 400 g/mol. The van der Waals surface area contributed by atoms with Crippen LogP contribution in [0.3, 0.4) is 0 Å².